The molecule has 4 aromatic carbocycles. The summed E-state index contributed by atoms with van der Waals surface area (Å²) in [7, 11) is 0. The first-order chi connectivity index (χ1) is 13.9. The molecule has 0 unspecified atom stereocenters. The van der Waals surface area contributed by atoms with Crippen LogP contribution in [0.2, 0.25) is 0 Å². The molecule has 6 rings (SSSR count). The van der Waals surface area contributed by atoms with Crippen LogP contribution in [0, 0.1) is 0 Å². The summed E-state index contributed by atoms with van der Waals surface area (Å²) in [6.07, 6.45) is 0. The molecule has 0 bridgehead atoms. The molecule has 0 N–H and O–H groups in total. The van der Waals surface area contributed by atoms with Crippen molar-refractivity contribution in [3.8, 4) is 16.3 Å². The number of benzene rings is 4. The molecule has 0 spiro atoms. The van der Waals surface area contributed by atoms with E-state index in [-0.39, 0.29) is 0 Å². The SMILES string of the molecule is c1ccc(-n2c3ccccc3c3cc(-c4nc5ccccc5s4)ccc32)cc1. The van der Waals surface area contributed by atoms with Gasteiger partial charge in [-0.3, -0.25) is 0 Å². The number of thiazole rings is 1. The second kappa shape index (κ2) is 6.04. The molecule has 0 fully saturated rings. The number of aromatic nitrogens is 2. The smallest absolute Gasteiger partial charge is 0.124 e. The summed E-state index contributed by atoms with van der Waals surface area (Å²) in [6.45, 7) is 0. The lowest BCUT2D eigenvalue weighted by Crippen LogP contribution is -1.92. The number of para-hydroxylation sites is 3. The molecule has 0 amide bonds. The van der Waals surface area contributed by atoms with Gasteiger partial charge in [0.05, 0.1) is 21.3 Å². The molecular weight excluding hydrogens is 360 g/mol. The van der Waals surface area contributed by atoms with Crippen molar-refractivity contribution in [1.82, 2.24) is 9.55 Å². The van der Waals surface area contributed by atoms with Gasteiger partial charge in [0.15, 0.2) is 0 Å². The van der Waals surface area contributed by atoms with Crippen LogP contribution in [0.15, 0.2) is 97.1 Å². The maximum atomic E-state index is 4.85. The highest BCUT2D eigenvalue weighted by Crippen LogP contribution is 2.36. The monoisotopic (exact) mass is 376 g/mol. The van der Waals surface area contributed by atoms with Crippen LogP contribution < -0.4 is 0 Å². The zero-order valence-corrected chi connectivity index (χ0v) is 15.9. The Bertz CT molecular complexity index is 1430. The van der Waals surface area contributed by atoms with Gasteiger partial charge in [0.2, 0.25) is 0 Å². The highest BCUT2D eigenvalue weighted by atomic mass is 32.1. The highest BCUT2D eigenvalue weighted by molar-refractivity contribution is 7.21. The van der Waals surface area contributed by atoms with Gasteiger partial charge in [-0.05, 0) is 48.5 Å². The highest BCUT2D eigenvalue weighted by Gasteiger charge is 2.14. The van der Waals surface area contributed by atoms with Gasteiger partial charge < -0.3 is 4.57 Å². The first kappa shape index (κ1) is 15.6. The van der Waals surface area contributed by atoms with Crippen LogP contribution in [0.4, 0.5) is 0 Å². The zero-order chi connectivity index (χ0) is 18.5. The molecule has 0 radical (unpaired) electrons. The minimum absolute atomic E-state index is 1.06. The van der Waals surface area contributed by atoms with Crippen molar-refractivity contribution in [2.24, 2.45) is 0 Å². The lowest BCUT2D eigenvalue weighted by atomic mass is 10.1. The number of rotatable bonds is 2. The Morgan fingerprint density at radius 3 is 2.29 bits per heavy atom. The Hall–Kier alpha value is -3.43. The van der Waals surface area contributed by atoms with Crippen LogP contribution in [0.1, 0.15) is 0 Å². The Morgan fingerprint density at radius 1 is 0.643 bits per heavy atom. The number of hydrogen-bond donors (Lipinski definition) is 0. The van der Waals surface area contributed by atoms with Crippen LogP contribution in [-0.2, 0) is 0 Å². The van der Waals surface area contributed by atoms with Gasteiger partial charge in [0.25, 0.3) is 0 Å². The third-order valence-electron chi connectivity index (χ3n) is 5.23. The molecule has 0 saturated carbocycles. The zero-order valence-electron chi connectivity index (χ0n) is 15.0. The van der Waals surface area contributed by atoms with Crippen molar-refractivity contribution in [3.05, 3.63) is 97.1 Å². The molecule has 3 heteroatoms. The van der Waals surface area contributed by atoms with E-state index in [1.54, 1.807) is 11.3 Å². The number of nitrogens with zero attached hydrogens (tertiary/aromatic N) is 2. The molecule has 6 aromatic rings. The summed E-state index contributed by atoms with van der Waals surface area (Å²) in [6, 6.07) is 34.2. The maximum absolute atomic E-state index is 4.85. The van der Waals surface area contributed by atoms with E-state index in [4.69, 9.17) is 4.98 Å². The van der Waals surface area contributed by atoms with Crippen LogP contribution in [0.3, 0.4) is 0 Å². The molecule has 0 saturated heterocycles. The van der Waals surface area contributed by atoms with Crippen LogP contribution in [0.5, 0.6) is 0 Å². The summed E-state index contributed by atoms with van der Waals surface area (Å²) < 4.78 is 3.57. The molecule has 28 heavy (non-hydrogen) atoms. The van der Waals surface area contributed by atoms with Gasteiger partial charge >= 0.3 is 0 Å². The summed E-state index contributed by atoms with van der Waals surface area (Å²) >= 11 is 1.75. The summed E-state index contributed by atoms with van der Waals surface area (Å²) in [5, 5.41) is 3.60. The van der Waals surface area contributed by atoms with Crippen molar-refractivity contribution >= 4 is 43.4 Å². The van der Waals surface area contributed by atoms with Gasteiger partial charge in [0.1, 0.15) is 5.01 Å². The second-order valence-electron chi connectivity index (χ2n) is 6.91. The quantitative estimate of drug-likeness (QED) is 0.316. The molecule has 2 nitrogen and oxygen atoms in total. The first-order valence-electron chi connectivity index (χ1n) is 9.33. The molecule has 0 aliphatic heterocycles. The molecule has 132 valence electrons. The van der Waals surface area contributed by atoms with Crippen molar-refractivity contribution in [2.75, 3.05) is 0 Å². The normalized spacial score (nSPS) is 11.6. The largest absolute Gasteiger partial charge is 0.309 e. The van der Waals surface area contributed by atoms with Crippen molar-refractivity contribution in [2.45, 2.75) is 0 Å². The molecule has 0 aliphatic rings. The average Bonchev–Trinajstić information content (AvgIpc) is 3.33. The van der Waals surface area contributed by atoms with Crippen molar-refractivity contribution < 1.29 is 0 Å². The van der Waals surface area contributed by atoms with Gasteiger partial charge in [-0.1, -0.05) is 48.5 Å². The molecular formula is C25H16N2S. The summed E-state index contributed by atoms with van der Waals surface area (Å²) in [5.74, 6) is 0. The lowest BCUT2D eigenvalue weighted by molar-refractivity contribution is 1.18. The average molecular weight is 376 g/mol. The molecule has 2 heterocycles. The summed E-state index contributed by atoms with van der Waals surface area (Å²) in [4.78, 5) is 4.85. The maximum Gasteiger partial charge on any atom is 0.124 e. The Balaban J connectivity index is 1.65. The lowest BCUT2D eigenvalue weighted by Gasteiger charge is -2.07. The fraction of sp³-hybridized carbons (Fsp3) is 0. The van der Waals surface area contributed by atoms with E-state index >= 15 is 0 Å². The van der Waals surface area contributed by atoms with Crippen molar-refractivity contribution in [1.29, 1.82) is 0 Å². The van der Waals surface area contributed by atoms with Crippen molar-refractivity contribution in [3.63, 3.8) is 0 Å². The second-order valence-corrected chi connectivity index (χ2v) is 7.94. The van der Waals surface area contributed by atoms with Gasteiger partial charge in [-0.25, -0.2) is 4.98 Å². The van der Waals surface area contributed by atoms with Gasteiger partial charge in [-0.15, -0.1) is 11.3 Å². The van der Waals surface area contributed by atoms with Crippen LogP contribution >= 0.6 is 11.3 Å². The standard InChI is InChI=1S/C25H16N2S/c1-2-8-18(9-3-1)27-22-12-6-4-10-19(22)20-16-17(14-15-23(20)27)25-26-21-11-5-7-13-24(21)28-25/h1-16H. The first-order valence-corrected chi connectivity index (χ1v) is 10.1. The predicted octanol–water partition coefficient (Wildman–Crippen LogP) is 7.06. The van der Waals surface area contributed by atoms with Gasteiger partial charge in [-0.2, -0.15) is 0 Å². The third-order valence-corrected chi connectivity index (χ3v) is 6.31. The fourth-order valence-electron chi connectivity index (χ4n) is 3.96. The van der Waals surface area contributed by atoms with E-state index in [0.29, 0.717) is 0 Å². The third kappa shape index (κ3) is 2.30. The van der Waals surface area contributed by atoms with E-state index in [9.17, 15) is 0 Å². The topological polar surface area (TPSA) is 17.8 Å². The Labute approximate surface area is 166 Å². The van der Waals surface area contributed by atoms with Crippen LogP contribution in [-0.4, -0.2) is 9.55 Å². The molecule has 2 aromatic heterocycles. The number of fused-ring (bicyclic) bond motifs is 4. The minimum Gasteiger partial charge on any atom is -0.309 e. The minimum atomic E-state index is 1.06. The summed E-state index contributed by atoms with van der Waals surface area (Å²) in [5.41, 5.74) is 5.86. The number of hydrogen-bond acceptors (Lipinski definition) is 2. The van der Waals surface area contributed by atoms with E-state index in [0.717, 1.165) is 10.5 Å². The van der Waals surface area contributed by atoms with E-state index in [1.807, 2.05) is 6.07 Å². The van der Waals surface area contributed by atoms with E-state index < -0.39 is 0 Å². The van der Waals surface area contributed by atoms with E-state index in [1.165, 1.54) is 37.8 Å². The van der Waals surface area contributed by atoms with E-state index in [2.05, 4.69) is 95.6 Å². The fourth-order valence-corrected chi connectivity index (χ4v) is 4.92. The van der Waals surface area contributed by atoms with Crippen LogP contribution in [0.25, 0.3) is 48.3 Å². The molecule has 0 atom stereocenters. The predicted molar refractivity (Wildman–Crippen MR) is 119 cm³/mol. The molecule has 0 aliphatic carbocycles. The Morgan fingerprint density at radius 2 is 1.39 bits per heavy atom. The Kier molecular flexibility index (Phi) is 3.37. The van der Waals surface area contributed by atoms with Gasteiger partial charge in [0, 0.05) is 22.0 Å².